The Balaban J connectivity index is 0.00000147. The maximum Gasteiger partial charge on any atom is 0.234 e. The fourth-order valence-electron chi connectivity index (χ4n) is 3.01. The molecule has 1 saturated heterocycles. The molecular formula is C14H21ClN4O. The van der Waals surface area contributed by atoms with Crippen LogP contribution in [0.4, 0.5) is 5.88 Å². The molecule has 1 aliphatic carbocycles. The smallest absolute Gasteiger partial charge is 0.234 e. The highest BCUT2D eigenvalue weighted by Crippen LogP contribution is 2.35. The lowest BCUT2D eigenvalue weighted by Gasteiger charge is -2.26. The summed E-state index contributed by atoms with van der Waals surface area (Å²) in [5, 5.41) is 12.6. The molecule has 1 aromatic rings. The minimum atomic E-state index is 0. The highest BCUT2D eigenvalue weighted by atomic mass is 35.5. The first-order valence-electron chi connectivity index (χ1n) is 7.25. The van der Waals surface area contributed by atoms with Crippen LogP contribution in [0.25, 0.3) is 0 Å². The molecule has 0 radical (unpaired) electrons. The Morgan fingerprint density at radius 2 is 1.90 bits per heavy atom. The second-order valence-electron chi connectivity index (χ2n) is 5.39. The molecule has 2 heterocycles. The summed E-state index contributed by atoms with van der Waals surface area (Å²) in [4.78, 5) is 6.57. The molecule has 1 aromatic heterocycles. The molecule has 2 fully saturated rings. The summed E-state index contributed by atoms with van der Waals surface area (Å²) < 4.78 is 5.95. The number of nitriles is 1. The molecule has 0 spiro atoms. The monoisotopic (exact) mass is 296 g/mol. The van der Waals surface area contributed by atoms with E-state index in [4.69, 9.17) is 4.42 Å². The van der Waals surface area contributed by atoms with Gasteiger partial charge in [-0.15, -0.1) is 12.4 Å². The predicted molar refractivity (Wildman–Crippen MR) is 79.4 cm³/mol. The Morgan fingerprint density at radius 3 is 2.55 bits per heavy atom. The van der Waals surface area contributed by atoms with Crippen molar-refractivity contribution in [3.8, 4) is 6.07 Å². The van der Waals surface area contributed by atoms with Gasteiger partial charge in [0, 0.05) is 32.1 Å². The summed E-state index contributed by atoms with van der Waals surface area (Å²) in [6, 6.07) is 2.19. The van der Waals surface area contributed by atoms with E-state index in [2.05, 4.69) is 21.3 Å². The molecule has 0 atom stereocenters. The first kappa shape index (κ1) is 15.1. The largest absolute Gasteiger partial charge is 0.423 e. The minimum Gasteiger partial charge on any atom is -0.423 e. The lowest BCUT2D eigenvalue weighted by Crippen LogP contribution is -2.43. The highest BCUT2D eigenvalue weighted by Gasteiger charge is 2.26. The van der Waals surface area contributed by atoms with Gasteiger partial charge in [-0.25, -0.2) is 4.98 Å². The molecule has 3 rings (SSSR count). The van der Waals surface area contributed by atoms with Crippen LogP contribution in [0.2, 0.25) is 0 Å². The van der Waals surface area contributed by atoms with Crippen molar-refractivity contribution in [2.24, 2.45) is 0 Å². The Hall–Kier alpha value is -1.25. The summed E-state index contributed by atoms with van der Waals surface area (Å²) in [6.45, 7) is 3.64. The quantitative estimate of drug-likeness (QED) is 0.908. The third-order valence-corrected chi connectivity index (χ3v) is 4.09. The van der Waals surface area contributed by atoms with Gasteiger partial charge in [-0.05, 0) is 12.8 Å². The second kappa shape index (κ2) is 6.96. The number of nitrogens with one attached hydrogen (secondary N) is 1. The van der Waals surface area contributed by atoms with Crippen LogP contribution in [-0.4, -0.2) is 31.2 Å². The lowest BCUT2D eigenvalue weighted by atomic mass is 9.89. The van der Waals surface area contributed by atoms with E-state index in [9.17, 15) is 5.26 Å². The number of nitrogens with zero attached hydrogens (tertiary/aromatic N) is 3. The van der Waals surface area contributed by atoms with E-state index in [1.165, 1.54) is 19.3 Å². The van der Waals surface area contributed by atoms with Crippen LogP contribution < -0.4 is 10.2 Å². The number of hydrogen-bond acceptors (Lipinski definition) is 5. The number of aromatic nitrogens is 1. The van der Waals surface area contributed by atoms with Gasteiger partial charge in [0.1, 0.15) is 6.07 Å². The summed E-state index contributed by atoms with van der Waals surface area (Å²) >= 11 is 0. The van der Waals surface area contributed by atoms with Gasteiger partial charge in [-0.3, -0.25) is 0 Å². The SMILES string of the molecule is Cl.N#Cc1nc(C2CCCCC2)oc1N1CCNCC1. The number of halogens is 1. The molecule has 0 unspecified atom stereocenters. The topological polar surface area (TPSA) is 65.1 Å². The third-order valence-electron chi connectivity index (χ3n) is 4.09. The van der Waals surface area contributed by atoms with Crippen molar-refractivity contribution in [1.29, 1.82) is 5.26 Å². The number of anilines is 1. The van der Waals surface area contributed by atoms with Crippen LogP contribution in [0.3, 0.4) is 0 Å². The van der Waals surface area contributed by atoms with Gasteiger partial charge in [0.25, 0.3) is 0 Å². The summed E-state index contributed by atoms with van der Waals surface area (Å²) in [6.07, 6.45) is 6.10. The second-order valence-corrected chi connectivity index (χ2v) is 5.39. The maximum atomic E-state index is 9.25. The van der Waals surface area contributed by atoms with Gasteiger partial charge in [0.05, 0.1) is 0 Å². The fourth-order valence-corrected chi connectivity index (χ4v) is 3.01. The summed E-state index contributed by atoms with van der Waals surface area (Å²) in [5.74, 6) is 1.88. The predicted octanol–water partition coefficient (Wildman–Crippen LogP) is 2.43. The van der Waals surface area contributed by atoms with Gasteiger partial charge in [0.2, 0.25) is 17.5 Å². The normalized spacial score (nSPS) is 20.2. The van der Waals surface area contributed by atoms with E-state index in [1.54, 1.807) is 0 Å². The molecule has 1 aliphatic heterocycles. The van der Waals surface area contributed by atoms with Crippen molar-refractivity contribution in [3.63, 3.8) is 0 Å². The zero-order chi connectivity index (χ0) is 13.1. The van der Waals surface area contributed by atoms with Crippen molar-refractivity contribution >= 4 is 18.3 Å². The number of hydrogen-bond donors (Lipinski definition) is 1. The third kappa shape index (κ3) is 3.08. The van der Waals surface area contributed by atoms with Crippen molar-refractivity contribution < 1.29 is 4.42 Å². The molecule has 1 saturated carbocycles. The molecule has 1 N–H and O–H groups in total. The number of piperazine rings is 1. The Labute approximate surface area is 125 Å². The zero-order valence-corrected chi connectivity index (χ0v) is 12.4. The number of oxazole rings is 1. The zero-order valence-electron chi connectivity index (χ0n) is 11.6. The van der Waals surface area contributed by atoms with E-state index in [0.29, 0.717) is 17.5 Å². The van der Waals surface area contributed by atoms with Crippen molar-refractivity contribution in [1.82, 2.24) is 10.3 Å². The average Bonchev–Trinajstić information content (AvgIpc) is 2.93. The van der Waals surface area contributed by atoms with E-state index < -0.39 is 0 Å². The molecule has 110 valence electrons. The first-order chi connectivity index (χ1) is 9.38. The summed E-state index contributed by atoms with van der Waals surface area (Å²) in [7, 11) is 0. The van der Waals surface area contributed by atoms with E-state index in [0.717, 1.165) is 44.9 Å². The van der Waals surface area contributed by atoms with Crippen LogP contribution in [0.5, 0.6) is 0 Å². The molecule has 0 bridgehead atoms. The first-order valence-corrected chi connectivity index (χ1v) is 7.25. The van der Waals surface area contributed by atoms with Crippen LogP contribution in [-0.2, 0) is 0 Å². The Kier molecular flexibility index (Phi) is 5.27. The number of rotatable bonds is 2. The average molecular weight is 297 g/mol. The molecule has 0 aromatic carbocycles. The minimum absolute atomic E-state index is 0. The summed E-state index contributed by atoms with van der Waals surface area (Å²) in [5.41, 5.74) is 0.461. The van der Waals surface area contributed by atoms with Crippen molar-refractivity contribution in [2.45, 2.75) is 38.0 Å². The molecule has 2 aliphatic rings. The lowest BCUT2D eigenvalue weighted by molar-refractivity contribution is 0.361. The van der Waals surface area contributed by atoms with Crippen LogP contribution in [0, 0.1) is 11.3 Å². The van der Waals surface area contributed by atoms with Crippen LogP contribution >= 0.6 is 12.4 Å². The fraction of sp³-hybridized carbons (Fsp3) is 0.714. The van der Waals surface area contributed by atoms with Crippen molar-refractivity contribution in [3.05, 3.63) is 11.6 Å². The molecule has 5 nitrogen and oxygen atoms in total. The van der Waals surface area contributed by atoms with E-state index in [-0.39, 0.29) is 12.4 Å². The molecule has 20 heavy (non-hydrogen) atoms. The maximum absolute atomic E-state index is 9.25. The van der Waals surface area contributed by atoms with E-state index >= 15 is 0 Å². The van der Waals surface area contributed by atoms with E-state index in [1.807, 2.05) is 0 Å². The van der Waals surface area contributed by atoms with Gasteiger partial charge in [-0.1, -0.05) is 19.3 Å². The van der Waals surface area contributed by atoms with Gasteiger partial charge in [0.15, 0.2) is 0 Å². The van der Waals surface area contributed by atoms with Gasteiger partial charge in [-0.2, -0.15) is 5.26 Å². The van der Waals surface area contributed by atoms with Crippen molar-refractivity contribution in [2.75, 3.05) is 31.1 Å². The molecule has 0 amide bonds. The van der Waals surface area contributed by atoms with Gasteiger partial charge < -0.3 is 14.6 Å². The molecule has 6 heteroatoms. The standard InChI is InChI=1S/C14H20N4O.ClH/c15-10-12-14(18-8-6-16-7-9-18)19-13(17-12)11-4-2-1-3-5-11;/h11,16H,1-9H2;1H. The van der Waals surface area contributed by atoms with Crippen LogP contribution in [0.15, 0.2) is 4.42 Å². The highest BCUT2D eigenvalue weighted by molar-refractivity contribution is 5.85. The Bertz CT molecular complexity index is 470. The van der Waals surface area contributed by atoms with Crippen LogP contribution in [0.1, 0.15) is 49.6 Å². The van der Waals surface area contributed by atoms with Gasteiger partial charge >= 0.3 is 0 Å². The Morgan fingerprint density at radius 1 is 1.20 bits per heavy atom. The molecular weight excluding hydrogens is 276 g/mol.